The van der Waals surface area contributed by atoms with Gasteiger partial charge in [0.2, 0.25) is 0 Å². The fourth-order valence-corrected chi connectivity index (χ4v) is 3.72. The van der Waals surface area contributed by atoms with Crippen molar-refractivity contribution in [3.05, 3.63) is 68.7 Å². The van der Waals surface area contributed by atoms with Crippen molar-refractivity contribution in [1.29, 1.82) is 0 Å². The molecule has 1 aromatic rings. The van der Waals surface area contributed by atoms with Crippen LogP contribution in [0.1, 0.15) is 38.8 Å². The van der Waals surface area contributed by atoms with E-state index >= 15 is 0 Å². The monoisotopic (exact) mass is 498 g/mol. The zero-order chi connectivity index (χ0) is 23.6. The summed E-state index contributed by atoms with van der Waals surface area (Å²) in [5.41, 5.74) is -2.04. The summed E-state index contributed by atoms with van der Waals surface area (Å²) in [5.74, 6) is 0.794. The Kier molecular flexibility index (Phi) is 7.25. The van der Waals surface area contributed by atoms with Gasteiger partial charge < -0.3 is 5.32 Å². The van der Waals surface area contributed by atoms with Gasteiger partial charge in [0.1, 0.15) is 11.7 Å². The average molecular weight is 499 g/mol. The lowest BCUT2D eigenvalue weighted by molar-refractivity contribution is -0.385. The van der Waals surface area contributed by atoms with E-state index in [-0.39, 0.29) is 22.7 Å². The summed E-state index contributed by atoms with van der Waals surface area (Å²) in [4.78, 5) is 19.1. The fraction of sp³-hybridized carbons (Fsp3) is 0.333. The maximum absolute atomic E-state index is 13.1. The topological polar surface area (TPSA) is 79.9 Å². The number of non-ortho nitro benzene ring substituents is 1. The number of rotatable bonds is 4. The summed E-state index contributed by atoms with van der Waals surface area (Å²) in [5, 5.41) is 13.8. The molecule has 1 unspecified atom stereocenters. The summed E-state index contributed by atoms with van der Waals surface area (Å²) in [6, 6.07) is 2.18. The Morgan fingerprint density at radius 3 is 2.48 bits per heavy atom. The van der Waals surface area contributed by atoms with Gasteiger partial charge in [-0.05, 0) is 19.9 Å². The Hall–Kier alpha value is -2.75. The summed E-state index contributed by atoms with van der Waals surface area (Å²) < 4.78 is 40.2. The second kappa shape index (κ2) is 9.17. The van der Waals surface area contributed by atoms with Gasteiger partial charge in [0.15, 0.2) is 0 Å². The first kappa shape index (κ1) is 24.5. The first-order valence-electron chi connectivity index (χ1n) is 9.18. The van der Waals surface area contributed by atoms with Crippen LogP contribution in [0.4, 0.5) is 18.9 Å². The highest BCUT2D eigenvalue weighted by Crippen LogP contribution is 2.34. The van der Waals surface area contributed by atoms with Gasteiger partial charge in [0.25, 0.3) is 5.69 Å². The van der Waals surface area contributed by atoms with E-state index in [4.69, 9.17) is 0 Å². The first-order valence-corrected chi connectivity index (χ1v) is 9.97. The van der Waals surface area contributed by atoms with Crippen LogP contribution in [-0.2, 0) is 6.18 Å². The van der Waals surface area contributed by atoms with Crippen LogP contribution in [0.15, 0.2) is 57.5 Å². The molecule has 6 nitrogen and oxygen atoms in total. The third-order valence-electron chi connectivity index (χ3n) is 4.50. The molecule has 0 bridgehead atoms. The van der Waals surface area contributed by atoms with Crippen molar-refractivity contribution in [1.82, 2.24) is 5.32 Å². The van der Waals surface area contributed by atoms with Gasteiger partial charge in [-0.15, -0.1) is 0 Å². The van der Waals surface area contributed by atoms with E-state index in [1.54, 1.807) is 13.8 Å². The van der Waals surface area contributed by atoms with Crippen LogP contribution < -0.4 is 5.32 Å². The minimum Gasteiger partial charge on any atom is -0.344 e. The smallest absolute Gasteiger partial charge is 0.344 e. The van der Waals surface area contributed by atoms with Gasteiger partial charge in [-0.2, -0.15) is 13.2 Å². The van der Waals surface area contributed by atoms with E-state index in [0.29, 0.717) is 17.7 Å². The van der Waals surface area contributed by atoms with Crippen molar-refractivity contribution < 1.29 is 18.1 Å². The molecule has 31 heavy (non-hydrogen) atoms. The highest BCUT2D eigenvalue weighted by molar-refractivity contribution is 9.11. The number of nitrogens with one attached hydrogen (secondary N) is 1. The van der Waals surface area contributed by atoms with Crippen molar-refractivity contribution in [2.24, 2.45) is 15.4 Å². The minimum absolute atomic E-state index is 0.0491. The molecule has 1 atom stereocenters. The number of aliphatic imine (C=N–C) groups is 2. The number of hydrogen-bond acceptors (Lipinski definition) is 3. The summed E-state index contributed by atoms with van der Waals surface area (Å²) in [7, 11) is 0. The third kappa shape index (κ3) is 6.61. The molecule has 1 aliphatic rings. The molecule has 10 heteroatoms. The molecule has 0 amide bonds. The van der Waals surface area contributed by atoms with Crippen LogP contribution in [-0.4, -0.2) is 22.6 Å². The Morgan fingerprint density at radius 1 is 1.29 bits per heavy atom. The van der Waals surface area contributed by atoms with Crippen LogP contribution in [0.5, 0.6) is 0 Å². The van der Waals surface area contributed by atoms with Crippen molar-refractivity contribution in [3.63, 3.8) is 0 Å². The SMILES string of the molecule is C=C(N/C(C)=N/C(C)=N\C1C=CC(Br)=CC1(C)C)c1cc([N+](=O)[O-])cc(C(F)(F)F)c1. The van der Waals surface area contributed by atoms with Crippen molar-refractivity contribution in [2.45, 2.75) is 39.9 Å². The van der Waals surface area contributed by atoms with E-state index in [1.165, 1.54) is 0 Å². The highest BCUT2D eigenvalue weighted by Gasteiger charge is 2.33. The van der Waals surface area contributed by atoms with E-state index in [0.717, 1.165) is 16.6 Å². The molecule has 0 radical (unpaired) electrons. The van der Waals surface area contributed by atoms with E-state index in [2.05, 4.69) is 37.8 Å². The quantitative estimate of drug-likeness (QED) is 0.230. The average Bonchev–Trinajstić information content (AvgIpc) is 2.62. The number of amidine groups is 2. The number of nitro groups is 1. The predicted molar refractivity (Wildman–Crippen MR) is 120 cm³/mol. The van der Waals surface area contributed by atoms with E-state index < -0.39 is 22.4 Å². The molecule has 1 aromatic carbocycles. The number of hydrogen-bond donors (Lipinski definition) is 1. The molecule has 0 spiro atoms. The lowest BCUT2D eigenvalue weighted by Crippen LogP contribution is -2.27. The summed E-state index contributed by atoms with van der Waals surface area (Å²) in [6.45, 7) is 11.1. The van der Waals surface area contributed by atoms with Crippen LogP contribution in [0.2, 0.25) is 0 Å². The summed E-state index contributed by atoms with van der Waals surface area (Å²) >= 11 is 3.44. The summed E-state index contributed by atoms with van der Waals surface area (Å²) in [6.07, 6.45) is 1.18. The standard InChI is InChI=1S/C21H22BrF3N4O2/c1-12(15-8-16(21(23,24)25)10-18(9-15)29(30)31)26-13(2)27-14(3)28-19-7-6-17(22)11-20(19,4)5/h6-11,19H,1H2,2-5H3,(H,26,27,28). The molecule has 1 N–H and O–H groups in total. The van der Waals surface area contributed by atoms with Gasteiger partial charge in [0, 0.05) is 33.3 Å². The third-order valence-corrected chi connectivity index (χ3v) is 4.99. The lowest BCUT2D eigenvalue weighted by atomic mass is 9.82. The van der Waals surface area contributed by atoms with Crippen molar-refractivity contribution in [2.75, 3.05) is 0 Å². The van der Waals surface area contributed by atoms with E-state index in [1.807, 2.05) is 32.1 Å². The first-order chi connectivity index (χ1) is 14.2. The number of allylic oxidation sites excluding steroid dienone is 2. The second-order valence-electron chi connectivity index (χ2n) is 7.66. The Labute approximate surface area is 186 Å². The zero-order valence-electron chi connectivity index (χ0n) is 17.4. The van der Waals surface area contributed by atoms with E-state index in [9.17, 15) is 23.3 Å². The number of alkyl halides is 3. The Bertz CT molecular complexity index is 1020. The zero-order valence-corrected chi connectivity index (χ0v) is 19.0. The second-order valence-corrected chi connectivity index (χ2v) is 8.57. The molecule has 0 fully saturated rings. The molecule has 0 saturated heterocycles. The maximum atomic E-state index is 13.1. The predicted octanol–water partition coefficient (Wildman–Crippen LogP) is 6.25. The molecule has 0 aromatic heterocycles. The number of benzene rings is 1. The van der Waals surface area contributed by atoms with Gasteiger partial charge in [-0.1, -0.05) is 54.6 Å². The van der Waals surface area contributed by atoms with Gasteiger partial charge in [-0.3, -0.25) is 15.1 Å². The number of nitrogens with zero attached hydrogens (tertiary/aromatic N) is 3. The van der Waals surface area contributed by atoms with Gasteiger partial charge >= 0.3 is 6.18 Å². The largest absolute Gasteiger partial charge is 0.416 e. The number of nitro benzene ring substituents is 1. The van der Waals surface area contributed by atoms with Gasteiger partial charge in [0.05, 0.1) is 16.5 Å². The Morgan fingerprint density at radius 2 is 1.94 bits per heavy atom. The Balaban J connectivity index is 2.24. The molecule has 0 aliphatic heterocycles. The molecule has 1 aliphatic carbocycles. The van der Waals surface area contributed by atoms with Gasteiger partial charge in [-0.25, -0.2) is 4.99 Å². The minimum atomic E-state index is -4.73. The molecule has 0 saturated carbocycles. The van der Waals surface area contributed by atoms with Crippen LogP contribution in [0, 0.1) is 15.5 Å². The fourth-order valence-electron chi connectivity index (χ4n) is 2.98. The molecular formula is C21H22BrF3N4O2. The molecule has 166 valence electrons. The van der Waals surface area contributed by atoms with Crippen molar-refractivity contribution in [3.8, 4) is 0 Å². The number of halogens is 4. The van der Waals surface area contributed by atoms with Crippen LogP contribution >= 0.6 is 15.9 Å². The van der Waals surface area contributed by atoms with Crippen LogP contribution in [0.25, 0.3) is 5.70 Å². The lowest BCUT2D eigenvalue weighted by Gasteiger charge is -2.29. The molecule has 2 rings (SSSR count). The normalized spacial score (nSPS) is 19.1. The van der Waals surface area contributed by atoms with Crippen molar-refractivity contribution >= 4 is 39.0 Å². The highest BCUT2D eigenvalue weighted by atomic mass is 79.9. The molecule has 0 heterocycles. The molecular weight excluding hydrogens is 477 g/mol. The van der Waals surface area contributed by atoms with Crippen LogP contribution in [0.3, 0.4) is 0 Å². The maximum Gasteiger partial charge on any atom is 0.416 e.